The standard InChI is InChI=1S/C22H26FN5OS/c1-13(2)5-8-20-25-22(16-6-7-17(23)14(3)9-16)26-28(20)12-21(29)27-10-18-19(11-27)30-15(4)24-18/h6-7,9,13H,5,8,10-12H2,1-4H3. The van der Waals surface area contributed by atoms with E-state index in [1.54, 1.807) is 35.1 Å². The molecule has 1 aliphatic rings. The topological polar surface area (TPSA) is 63.9 Å². The molecule has 1 amide bonds. The zero-order valence-electron chi connectivity index (χ0n) is 17.8. The molecule has 3 aromatic rings. The van der Waals surface area contributed by atoms with Crippen molar-refractivity contribution in [1.82, 2.24) is 24.6 Å². The van der Waals surface area contributed by atoms with Gasteiger partial charge in [-0.25, -0.2) is 19.0 Å². The van der Waals surface area contributed by atoms with Crippen molar-refractivity contribution < 1.29 is 9.18 Å². The number of thiazole rings is 1. The maximum Gasteiger partial charge on any atom is 0.245 e. The van der Waals surface area contributed by atoms with Gasteiger partial charge in [-0.05, 0) is 49.9 Å². The molecule has 0 radical (unpaired) electrons. The minimum Gasteiger partial charge on any atom is -0.330 e. The molecule has 0 unspecified atom stereocenters. The number of hydrogen-bond donors (Lipinski definition) is 0. The maximum atomic E-state index is 13.7. The molecular weight excluding hydrogens is 401 g/mol. The van der Waals surface area contributed by atoms with Crippen LogP contribution in [0.2, 0.25) is 0 Å². The van der Waals surface area contributed by atoms with E-state index in [2.05, 4.69) is 23.9 Å². The van der Waals surface area contributed by atoms with Crippen LogP contribution < -0.4 is 0 Å². The zero-order valence-corrected chi connectivity index (χ0v) is 18.6. The van der Waals surface area contributed by atoms with Gasteiger partial charge in [-0.15, -0.1) is 11.3 Å². The molecule has 4 rings (SSSR count). The van der Waals surface area contributed by atoms with Crippen LogP contribution in [0.5, 0.6) is 0 Å². The highest BCUT2D eigenvalue weighted by molar-refractivity contribution is 7.11. The molecule has 1 aliphatic heterocycles. The molecule has 30 heavy (non-hydrogen) atoms. The fourth-order valence-corrected chi connectivity index (χ4v) is 4.54. The summed E-state index contributed by atoms with van der Waals surface area (Å²) in [4.78, 5) is 25.2. The van der Waals surface area contributed by atoms with Crippen LogP contribution in [0.15, 0.2) is 18.2 Å². The van der Waals surface area contributed by atoms with Crippen LogP contribution in [0, 0.1) is 25.6 Å². The summed E-state index contributed by atoms with van der Waals surface area (Å²) in [5.74, 6) is 1.60. The van der Waals surface area contributed by atoms with Crippen LogP contribution in [0.25, 0.3) is 11.4 Å². The number of rotatable bonds is 6. The number of benzene rings is 1. The Morgan fingerprint density at radius 1 is 1.23 bits per heavy atom. The number of halogens is 1. The Balaban J connectivity index is 1.56. The minimum atomic E-state index is -0.251. The van der Waals surface area contributed by atoms with Crippen LogP contribution in [-0.4, -0.2) is 30.6 Å². The summed E-state index contributed by atoms with van der Waals surface area (Å²) in [7, 11) is 0. The third kappa shape index (κ3) is 4.28. The van der Waals surface area contributed by atoms with Gasteiger partial charge in [0.25, 0.3) is 0 Å². The summed E-state index contributed by atoms with van der Waals surface area (Å²) in [6, 6.07) is 4.86. The van der Waals surface area contributed by atoms with Crippen LogP contribution >= 0.6 is 11.3 Å². The van der Waals surface area contributed by atoms with Crippen LogP contribution in [0.4, 0.5) is 4.39 Å². The van der Waals surface area contributed by atoms with Crippen molar-refractivity contribution in [2.45, 2.75) is 60.2 Å². The second-order valence-corrected chi connectivity index (χ2v) is 9.55. The molecule has 0 aliphatic carbocycles. The molecule has 8 heteroatoms. The molecule has 1 aromatic carbocycles. The average molecular weight is 428 g/mol. The first-order chi connectivity index (χ1) is 14.3. The van der Waals surface area contributed by atoms with Gasteiger partial charge in [-0.1, -0.05) is 13.8 Å². The maximum absolute atomic E-state index is 13.7. The summed E-state index contributed by atoms with van der Waals surface area (Å²) >= 11 is 1.65. The molecule has 0 saturated carbocycles. The fourth-order valence-electron chi connectivity index (χ4n) is 3.58. The third-order valence-electron chi connectivity index (χ3n) is 5.31. The van der Waals surface area contributed by atoms with Gasteiger partial charge in [0, 0.05) is 16.9 Å². The van der Waals surface area contributed by atoms with Crippen molar-refractivity contribution in [1.29, 1.82) is 0 Å². The lowest BCUT2D eigenvalue weighted by molar-refractivity contribution is -0.132. The Morgan fingerprint density at radius 3 is 2.73 bits per heavy atom. The van der Waals surface area contributed by atoms with E-state index < -0.39 is 0 Å². The Kier molecular flexibility index (Phi) is 5.69. The number of carbonyl (C=O) groups is 1. The van der Waals surface area contributed by atoms with Gasteiger partial charge in [-0.3, -0.25) is 4.79 Å². The number of aromatic nitrogens is 4. The van der Waals surface area contributed by atoms with E-state index in [0.717, 1.165) is 34.9 Å². The lowest BCUT2D eigenvalue weighted by Crippen LogP contribution is -2.30. The molecule has 0 spiro atoms. The first-order valence-corrected chi connectivity index (χ1v) is 11.0. The van der Waals surface area contributed by atoms with Crippen molar-refractivity contribution in [3.63, 3.8) is 0 Å². The van der Waals surface area contributed by atoms with Crippen molar-refractivity contribution in [2.24, 2.45) is 5.92 Å². The van der Waals surface area contributed by atoms with Gasteiger partial charge >= 0.3 is 0 Å². The number of amides is 1. The average Bonchev–Trinajstić information content (AvgIpc) is 3.35. The lowest BCUT2D eigenvalue weighted by Gasteiger charge is -2.16. The summed E-state index contributed by atoms with van der Waals surface area (Å²) in [5.41, 5.74) is 2.32. The Hall–Kier alpha value is -2.61. The van der Waals surface area contributed by atoms with Gasteiger partial charge in [0.1, 0.15) is 18.2 Å². The van der Waals surface area contributed by atoms with Crippen LogP contribution in [0.3, 0.4) is 0 Å². The normalized spacial score (nSPS) is 13.3. The number of nitrogens with zero attached hydrogens (tertiary/aromatic N) is 5. The minimum absolute atomic E-state index is 0.00962. The van der Waals surface area contributed by atoms with E-state index in [1.807, 2.05) is 11.8 Å². The molecule has 2 aromatic heterocycles. The van der Waals surface area contributed by atoms with E-state index in [4.69, 9.17) is 4.98 Å². The molecule has 0 N–H and O–H groups in total. The second kappa shape index (κ2) is 8.26. The van der Waals surface area contributed by atoms with E-state index >= 15 is 0 Å². The van der Waals surface area contributed by atoms with Gasteiger partial charge in [0.05, 0.1) is 23.8 Å². The number of hydrogen-bond acceptors (Lipinski definition) is 5. The molecule has 0 fully saturated rings. The third-order valence-corrected chi connectivity index (χ3v) is 6.31. The van der Waals surface area contributed by atoms with Gasteiger partial charge in [-0.2, -0.15) is 5.10 Å². The van der Waals surface area contributed by atoms with E-state index in [9.17, 15) is 9.18 Å². The molecule has 6 nitrogen and oxygen atoms in total. The Morgan fingerprint density at radius 2 is 2.03 bits per heavy atom. The lowest BCUT2D eigenvalue weighted by atomic mass is 10.1. The number of fused-ring (bicyclic) bond motifs is 1. The summed E-state index contributed by atoms with van der Waals surface area (Å²) < 4.78 is 15.4. The molecule has 0 bridgehead atoms. The van der Waals surface area contributed by atoms with Crippen molar-refractivity contribution in [2.75, 3.05) is 0 Å². The van der Waals surface area contributed by atoms with Crippen LogP contribution in [-0.2, 0) is 30.8 Å². The predicted octanol–water partition coefficient (Wildman–Crippen LogP) is 4.29. The Bertz CT molecular complexity index is 1060. The summed E-state index contributed by atoms with van der Waals surface area (Å²) in [6.07, 6.45) is 1.70. The SMILES string of the molecule is Cc1nc2c(s1)CN(C(=O)Cn1nc(-c3ccc(F)c(C)c3)nc1CCC(C)C)C2. The largest absolute Gasteiger partial charge is 0.330 e. The molecule has 3 heterocycles. The first kappa shape index (κ1) is 20.7. The second-order valence-electron chi connectivity index (χ2n) is 8.26. The quantitative estimate of drug-likeness (QED) is 0.589. The molecule has 158 valence electrons. The fraction of sp³-hybridized carbons (Fsp3) is 0.455. The highest BCUT2D eigenvalue weighted by atomic mass is 32.1. The highest BCUT2D eigenvalue weighted by Crippen LogP contribution is 2.28. The predicted molar refractivity (Wildman–Crippen MR) is 114 cm³/mol. The molecule has 0 saturated heterocycles. The Labute approximate surface area is 179 Å². The van der Waals surface area contributed by atoms with Crippen LogP contribution in [0.1, 0.15) is 47.2 Å². The zero-order chi connectivity index (χ0) is 21.4. The van der Waals surface area contributed by atoms with Gasteiger partial charge in [0.15, 0.2) is 5.82 Å². The number of carbonyl (C=O) groups excluding carboxylic acids is 1. The monoisotopic (exact) mass is 427 g/mol. The molecular formula is C22H26FN5OS. The van der Waals surface area contributed by atoms with Crippen molar-refractivity contribution >= 4 is 17.2 Å². The summed E-state index contributed by atoms with van der Waals surface area (Å²) in [6.45, 7) is 9.35. The van der Waals surface area contributed by atoms with Gasteiger partial charge < -0.3 is 4.90 Å². The number of aryl methyl sites for hydroxylation is 3. The highest BCUT2D eigenvalue weighted by Gasteiger charge is 2.27. The van der Waals surface area contributed by atoms with E-state index in [1.165, 1.54) is 10.9 Å². The van der Waals surface area contributed by atoms with E-state index in [-0.39, 0.29) is 18.3 Å². The smallest absolute Gasteiger partial charge is 0.245 e. The van der Waals surface area contributed by atoms with Crippen molar-refractivity contribution in [3.05, 3.63) is 51.0 Å². The van der Waals surface area contributed by atoms with Gasteiger partial charge in [0.2, 0.25) is 5.91 Å². The summed E-state index contributed by atoms with van der Waals surface area (Å²) in [5, 5.41) is 5.65. The molecule has 0 atom stereocenters. The first-order valence-electron chi connectivity index (χ1n) is 10.2. The van der Waals surface area contributed by atoms with E-state index in [0.29, 0.717) is 30.4 Å². The van der Waals surface area contributed by atoms with Crippen molar-refractivity contribution in [3.8, 4) is 11.4 Å².